The molecule has 0 aliphatic heterocycles. The SMILES string of the molecule is Cc1ccc(C2C(O)[C@@]3(O)C(c4ccc(C)c(F)c4)[C@@](O)([C@H](O)CO)[C@@]23O)cc1F. The fraction of sp³-hybridized carbons (Fsp3) is 0.455. The van der Waals surface area contributed by atoms with E-state index in [2.05, 4.69) is 0 Å². The third-order valence-corrected chi connectivity index (χ3v) is 7.08. The first-order chi connectivity index (χ1) is 14.0. The standard InChI is InChI=1S/C22H24F2O6/c1-10-3-5-12(7-14(10)23)17-19(27)21(29)18(13-6-4-11(2)15(24)8-13)20(28,16(26)9-25)22(17,21)30/h3-8,16-19,25-30H,9H2,1-2H3/t16-,17?,18?,19?,20+,21+,22+/m1/s1. The van der Waals surface area contributed by atoms with E-state index in [0.29, 0.717) is 11.1 Å². The van der Waals surface area contributed by atoms with Crippen LogP contribution in [0.15, 0.2) is 36.4 Å². The highest BCUT2D eigenvalue weighted by molar-refractivity contribution is 5.56. The Balaban J connectivity index is 1.87. The maximum absolute atomic E-state index is 14.2. The Hall–Kier alpha value is -1.94. The summed E-state index contributed by atoms with van der Waals surface area (Å²) >= 11 is 0. The summed E-state index contributed by atoms with van der Waals surface area (Å²) in [5.74, 6) is -4.11. The summed E-state index contributed by atoms with van der Waals surface area (Å²) in [7, 11) is 0. The molecule has 0 bridgehead atoms. The first kappa shape index (κ1) is 21.3. The third-order valence-electron chi connectivity index (χ3n) is 7.08. The van der Waals surface area contributed by atoms with Crippen molar-refractivity contribution in [1.29, 1.82) is 0 Å². The highest BCUT2D eigenvalue weighted by atomic mass is 19.1. The fourth-order valence-corrected chi connectivity index (χ4v) is 5.41. The Kier molecular flexibility index (Phi) is 4.63. The van der Waals surface area contributed by atoms with Crippen molar-refractivity contribution < 1.29 is 39.4 Å². The quantitative estimate of drug-likeness (QED) is 0.424. The van der Waals surface area contributed by atoms with Gasteiger partial charge in [0.2, 0.25) is 0 Å². The normalized spacial score (nSPS) is 38.4. The van der Waals surface area contributed by atoms with Gasteiger partial charge in [-0.3, -0.25) is 0 Å². The molecule has 3 unspecified atom stereocenters. The zero-order valence-electron chi connectivity index (χ0n) is 16.4. The van der Waals surface area contributed by atoms with E-state index in [1.54, 1.807) is 0 Å². The van der Waals surface area contributed by atoms with Crippen LogP contribution in [0.3, 0.4) is 0 Å². The van der Waals surface area contributed by atoms with E-state index in [-0.39, 0.29) is 11.1 Å². The van der Waals surface area contributed by atoms with Gasteiger partial charge in [0, 0.05) is 5.92 Å². The van der Waals surface area contributed by atoms with E-state index in [1.165, 1.54) is 38.1 Å². The van der Waals surface area contributed by atoms with Crippen LogP contribution in [-0.4, -0.2) is 66.3 Å². The molecule has 2 aromatic rings. The molecule has 6 N–H and O–H groups in total. The smallest absolute Gasteiger partial charge is 0.138 e. The fourth-order valence-electron chi connectivity index (χ4n) is 5.41. The Morgan fingerprint density at radius 1 is 0.933 bits per heavy atom. The number of hydrogen-bond donors (Lipinski definition) is 6. The predicted molar refractivity (Wildman–Crippen MR) is 102 cm³/mol. The molecule has 2 fully saturated rings. The lowest BCUT2D eigenvalue weighted by Crippen LogP contribution is -2.99. The minimum atomic E-state index is -2.54. The zero-order valence-corrected chi connectivity index (χ0v) is 16.4. The van der Waals surface area contributed by atoms with Crippen LogP contribution in [0.4, 0.5) is 8.78 Å². The van der Waals surface area contributed by atoms with Gasteiger partial charge in [0.15, 0.2) is 0 Å². The van der Waals surface area contributed by atoms with E-state index < -0.39 is 59.1 Å². The largest absolute Gasteiger partial charge is 0.394 e. The number of aryl methyl sites for hydroxylation is 2. The molecule has 30 heavy (non-hydrogen) atoms. The first-order valence-electron chi connectivity index (χ1n) is 9.62. The molecule has 0 amide bonds. The number of aliphatic hydroxyl groups is 6. The lowest BCUT2D eigenvalue weighted by molar-refractivity contribution is -0.459. The molecule has 0 spiro atoms. The maximum atomic E-state index is 14.2. The van der Waals surface area contributed by atoms with Crippen molar-refractivity contribution in [2.45, 2.75) is 54.7 Å². The van der Waals surface area contributed by atoms with E-state index in [4.69, 9.17) is 0 Å². The zero-order chi connectivity index (χ0) is 22.2. The summed E-state index contributed by atoms with van der Waals surface area (Å²) in [6, 6.07) is 7.78. The van der Waals surface area contributed by atoms with Gasteiger partial charge < -0.3 is 30.6 Å². The monoisotopic (exact) mass is 422 g/mol. The van der Waals surface area contributed by atoms with Gasteiger partial charge in [-0.05, 0) is 48.2 Å². The topological polar surface area (TPSA) is 121 Å². The van der Waals surface area contributed by atoms with Gasteiger partial charge in [-0.1, -0.05) is 24.3 Å². The summed E-state index contributed by atoms with van der Waals surface area (Å²) in [5, 5.41) is 64.8. The maximum Gasteiger partial charge on any atom is 0.138 e. The molecule has 2 saturated carbocycles. The van der Waals surface area contributed by atoms with Crippen LogP contribution in [0.5, 0.6) is 0 Å². The average Bonchev–Trinajstić information content (AvgIpc) is 2.72. The molecule has 2 aliphatic rings. The highest BCUT2D eigenvalue weighted by Crippen LogP contribution is 2.75. The van der Waals surface area contributed by atoms with Gasteiger partial charge in [0.05, 0.1) is 18.6 Å². The van der Waals surface area contributed by atoms with Crippen LogP contribution in [-0.2, 0) is 0 Å². The number of rotatable bonds is 4. The molecule has 2 aliphatic carbocycles. The molecular weight excluding hydrogens is 398 g/mol. The van der Waals surface area contributed by atoms with Gasteiger partial charge in [0.1, 0.15) is 34.5 Å². The van der Waals surface area contributed by atoms with Gasteiger partial charge in [0.25, 0.3) is 0 Å². The van der Waals surface area contributed by atoms with Crippen LogP contribution in [0.25, 0.3) is 0 Å². The van der Waals surface area contributed by atoms with Crippen molar-refractivity contribution in [3.05, 3.63) is 70.3 Å². The van der Waals surface area contributed by atoms with E-state index >= 15 is 0 Å². The van der Waals surface area contributed by atoms with Crippen LogP contribution < -0.4 is 0 Å². The van der Waals surface area contributed by atoms with Crippen molar-refractivity contribution in [3.8, 4) is 0 Å². The highest BCUT2D eigenvalue weighted by Gasteiger charge is 2.93. The van der Waals surface area contributed by atoms with Crippen molar-refractivity contribution in [2.24, 2.45) is 0 Å². The van der Waals surface area contributed by atoms with Crippen LogP contribution in [0.2, 0.25) is 0 Å². The molecule has 162 valence electrons. The molecule has 7 atom stereocenters. The van der Waals surface area contributed by atoms with E-state index in [0.717, 1.165) is 12.1 Å². The summed E-state index contributed by atoms with van der Waals surface area (Å²) < 4.78 is 28.3. The molecule has 0 radical (unpaired) electrons. The second kappa shape index (κ2) is 6.53. The van der Waals surface area contributed by atoms with Crippen LogP contribution in [0.1, 0.15) is 34.1 Å². The van der Waals surface area contributed by atoms with Crippen LogP contribution in [0, 0.1) is 25.5 Å². The van der Waals surface area contributed by atoms with Gasteiger partial charge >= 0.3 is 0 Å². The first-order valence-corrected chi connectivity index (χ1v) is 9.62. The number of halogens is 2. The molecule has 2 aromatic carbocycles. The number of hydrogen-bond acceptors (Lipinski definition) is 6. The van der Waals surface area contributed by atoms with Crippen molar-refractivity contribution in [1.82, 2.24) is 0 Å². The van der Waals surface area contributed by atoms with Crippen molar-refractivity contribution in [2.75, 3.05) is 6.61 Å². The van der Waals surface area contributed by atoms with Gasteiger partial charge in [-0.25, -0.2) is 8.78 Å². The Morgan fingerprint density at radius 3 is 1.93 bits per heavy atom. The lowest BCUT2D eigenvalue weighted by Gasteiger charge is -2.80. The van der Waals surface area contributed by atoms with Gasteiger partial charge in [-0.15, -0.1) is 0 Å². The van der Waals surface area contributed by atoms with E-state index in [9.17, 15) is 39.4 Å². The summed E-state index contributed by atoms with van der Waals surface area (Å²) in [6.45, 7) is 2.07. The summed E-state index contributed by atoms with van der Waals surface area (Å²) in [6.07, 6.45) is -3.58. The van der Waals surface area contributed by atoms with Gasteiger partial charge in [-0.2, -0.15) is 0 Å². The number of aliphatic hydroxyl groups excluding tert-OH is 3. The molecule has 8 heteroatoms. The lowest BCUT2D eigenvalue weighted by atomic mass is 9.30. The van der Waals surface area contributed by atoms with Crippen molar-refractivity contribution in [3.63, 3.8) is 0 Å². The van der Waals surface area contributed by atoms with Crippen LogP contribution >= 0.6 is 0 Å². The molecular formula is C22H24F2O6. The third kappa shape index (κ3) is 2.21. The molecule has 0 aromatic heterocycles. The minimum absolute atomic E-state index is 0.0351. The average molecular weight is 422 g/mol. The molecule has 6 nitrogen and oxygen atoms in total. The molecule has 0 saturated heterocycles. The number of fused-ring (bicyclic) bond motifs is 1. The predicted octanol–water partition coefficient (Wildman–Crippen LogP) is 0.384. The second-order valence-electron chi connectivity index (χ2n) is 8.49. The molecule has 0 heterocycles. The Morgan fingerprint density at radius 2 is 1.43 bits per heavy atom. The van der Waals surface area contributed by atoms with E-state index in [1.807, 2.05) is 0 Å². The summed E-state index contributed by atoms with van der Waals surface area (Å²) in [4.78, 5) is 0. The second-order valence-corrected chi connectivity index (χ2v) is 8.49. The molecule has 4 rings (SSSR count). The minimum Gasteiger partial charge on any atom is -0.394 e. The Bertz CT molecular complexity index is 1010. The Labute approximate surface area is 171 Å². The van der Waals surface area contributed by atoms with Crippen molar-refractivity contribution >= 4 is 0 Å². The summed E-state index contributed by atoms with van der Waals surface area (Å²) in [5.41, 5.74) is -6.65. The number of benzene rings is 2.